The van der Waals surface area contributed by atoms with Crippen LogP contribution in [0.5, 0.6) is 5.75 Å². The SMILES string of the molecule is [B]c1c([B])c(O)c2c(c1[B])-c1c([B])c([B])c(C3=C4C=CC=CC4C(C)c4ccccc43)c([B])c1C2(C)C. The summed E-state index contributed by atoms with van der Waals surface area (Å²) in [5.41, 5.74) is 8.50. The highest BCUT2D eigenvalue weighted by Crippen LogP contribution is 2.51. The minimum atomic E-state index is -0.764. The molecule has 0 fully saturated rings. The second-order valence-electron chi connectivity index (χ2n) is 10.8. The fraction of sp³-hybridized carbons (Fsp3) is 0.200. The van der Waals surface area contributed by atoms with Crippen LogP contribution in [0.4, 0.5) is 0 Å². The Kier molecular flexibility index (Phi) is 5.30. The number of aromatic hydroxyl groups is 1. The zero-order valence-electron chi connectivity index (χ0n) is 21.2. The largest absolute Gasteiger partial charge is 0.508 e. The van der Waals surface area contributed by atoms with Gasteiger partial charge < -0.3 is 5.11 Å². The molecule has 0 aromatic heterocycles. The Bertz CT molecular complexity index is 1640. The van der Waals surface area contributed by atoms with Crippen LogP contribution in [0, 0.1) is 5.92 Å². The summed E-state index contributed by atoms with van der Waals surface area (Å²) in [7, 11) is 39.6. The van der Waals surface area contributed by atoms with E-state index in [0.717, 1.165) is 22.3 Å². The van der Waals surface area contributed by atoms with E-state index in [4.69, 9.17) is 47.1 Å². The van der Waals surface area contributed by atoms with Crippen molar-refractivity contribution >= 4 is 85.4 Å². The molecule has 0 amide bonds. The first-order valence-electron chi connectivity index (χ1n) is 12.4. The molecule has 0 saturated heterocycles. The highest BCUT2D eigenvalue weighted by Gasteiger charge is 2.43. The summed E-state index contributed by atoms with van der Waals surface area (Å²) >= 11 is 0. The van der Waals surface area contributed by atoms with Gasteiger partial charge in [0.2, 0.25) is 0 Å². The molecular weight excluding hydrogens is 441 g/mol. The third kappa shape index (κ3) is 3.00. The molecule has 0 saturated carbocycles. The van der Waals surface area contributed by atoms with Crippen LogP contribution in [0.2, 0.25) is 0 Å². The molecule has 3 aliphatic rings. The van der Waals surface area contributed by atoms with Crippen LogP contribution in [0.15, 0.2) is 54.1 Å². The summed E-state index contributed by atoms with van der Waals surface area (Å²) in [6.07, 6.45) is 8.49. The molecule has 37 heavy (non-hydrogen) atoms. The number of benzene rings is 3. The molecule has 0 heterocycles. The molecule has 1 nitrogen and oxygen atoms in total. The average molecular weight is 461 g/mol. The van der Waals surface area contributed by atoms with E-state index in [-0.39, 0.29) is 34.0 Å². The minimum Gasteiger partial charge on any atom is -0.508 e. The summed E-state index contributed by atoms with van der Waals surface area (Å²) < 4.78 is 0. The number of phenols is 1. The maximum atomic E-state index is 11.1. The van der Waals surface area contributed by atoms with Gasteiger partial charge in [-0.15, -0.1) is 5.46 Å². The van der Waals surface area contributed by atoms with Crippen molar-refractivity contribution in [3.63, 3.8) is 0 Å². The van der Waals surface area contributed by atoms with Gasteiger partial charge in [-0.25, -0.2) is 0 Å². The summed E-state index contributed by atoms with van der Waals surface area (Å²) in [6.45, 7) is 6.19. The minimum absolute atomic E-state index is 0.0459. The van der Waals surface area contributed by atoms with Crippen LogP contribution in [0.1, 0.15) is 54.5 Å². The summed E-state index contributed by atoms with van der Waals surface area (Å²) in [5, 5.41) is 11.1. The number of allylic oxidation sites excluding steroid dienone is 5. The van der Waals surface area contributed by atoms with Gasteiger partial charge in [0, 0.05) is 16.9 Å². The van der Waals surface area contributed by atoms with Crippen molar-refractivity contribution in [2.75, 3.05) is 0 Å². The van der Waals surface area contributed by atoms with Gasteiger partial charge >= 0.3 is 0 Å². The Balaban J connectivity index is 1.76. The average Bonchev–Trinajstić information content (AvgIpc) is 3.14. The van der Waals surface area contributed by atoms with Crippen LogP contribution in [-0.2, 0) is 5.41 Å². The molecule has 2 atom stereocenters. The molecule has 3 aromatic carbocycles. The molecule has 12 radical (unpaired) electrons. The van der Waals surface area contributed by atoms with Crippen molar-refractivity contribution in [2.24, 2.45) is 5.92 Å². The second-order valence-corrected chi connectivity index (χ2v) is 10.8. The Morgan fingerprint density at radius 1 is 0.730 bits per heavy atom. The van der Waals surface area contributed by atoms with Gasteiger partial charge in [-0.3, -0.25) is 0 Å². The first-order valence-corrected chi connectivity index (χ1v) is 12.4. The van der Waals surface area contributed by atoms with Gasteiger partial charge in [-0.1, -0.05) is 96.7 Å². The number of hydrogen-bond donors (Lipinski definition) is 1. The monoisotopic (exact) mass is 462 g/mol. The van der Waals surface area contributed by atoms with E-state index < -0.39 is 5.41 Å². The molecule has 0 aliphatic heterocycles. The smallest absolute Gasteiger partial charge is 0.118 e. The van der Waals surface area contributed by atoms with Gasteiger partial charge in [0.05, 0.1) is 0 Å². The molecule has 164 valence electrons. The van der Waals surface area contributed by atoms with E-state index in [1.165, 1.54) is 5.56 Å². The van der Waals surface area contributed by atoms with Crippen molar-refractivity contribution < 1.29 is 5.11 Å². The predicted molar refractivity (Wildman–Crippen MR) is 161 cm³/mol. The summed E-state index contributed by atoms with van der Waals surface area (Å²) in [5.74, 6) is 0.350. The molecule has 7 heteroatoms. The lowest BCUT2D eigenvalue weighted by Gasteiger charge is -2.37. The quantitative estimate of drug-likeness (QED) is 0.511. The molecule has 0 spiro atoms. The van der Waals surface area contributed by atoms with E-state index in [0.29, 0.717) is 38.6 Å². The third-order valence-corrected chi connectivity index (χ3v) is 8.57. The van der Waals surface area contributed by atoms with Crippen LogP contribution >= 0.6 is 0 Å². The summed E-state index contributed by atoms with van der Waals surface area (Å²) in [6, 6.07) is 8.37. The lowest BCUT2D eigenvalue weighted by molar-refractivity contribution is 0.461. The van der Waals surface area contributed by atoms with E-state index in [2.05, 4.69) is 43.4 Å². The Morgan fingerprint density at radius 2 is 1.35 bits per heavy atom. The third-order valence-electron chi connectivity index (χ3n) is 8.57. The van der Waals surface area contributed by atoms with Crippen LogP contribution in [0.25, 0.3) is 16.7 Å². The van der Waals surface area contributed by atoms with Gasteiger partial charge in [0.1, 0.15) is 52.8 Å². The molecule has 2 unspecified atom stereocenters. The zero-order chi connectivity index (χ0) is 26.5. The van der Waals surface area contributed by atoms with E-state index in [1.54, 1.807) is 0 Å². The van der Waals surface area contributed by atoms with Gasteiger partial charge in [0.15, 0.2) is 0 Å². The number of phenolic OH excluding ortho intramolecular Hbond substituents is 1. The van der Waals surface area contributed by atoms with Gasteiger partial charge in [-0.05, 0) is 50.4 Å². The fourth-order valence-corrected chi connectivity index (χ4v) is 6.77. The first-order chi connectivity index (χ1) is 17.5. The van der Waals surface area contributed by atoms with Crippen molar-refractivity contribution in [3.05, 3.63) is 82.0 Å². The Labute approximate surface area is 227 Å². The number of hydrogen-bond acceptors (Lipinski definition) is 1. The standard InChI is InChI=1S/C30H20B6O/c1-12-13-8-4-6-10-15(13)17(16-11-7-5-9-14(12)16)20-23(31)21-18(24(32)26(20)34)19-22(30(21,2)3)29(37)28(36)27(35)25(19)33/h4-13,37H,1-3H3. The zero-order valence-corrected chi connectivity index (χ0v) is 21.2. The number of rotatable bonds is 1. The maximum absolute atomic E-state index is 11.1. The fourth-order valence-electron chi connectivity index (χ4n) is 6.77. The van der Waals surface area contributed by atoms with Crippen LogP contribution in [0.3, 0.4) is 0 Å². The van der Waals surface area contributed by atoms with Gasteiger partial charge in [-0.2, -0.15) is 0 Å². The molecular formula is C30H20B6O. The highest BCUT2D eigenvalue weighted by molar-refractivity contribution is 6.61. The van der Waals surface area contributed by atoms with Crippen LogP contribution < -0.4 is 32.8 Å². The van der Waals surface area contributed by atoms with Crippen molar-refractivity contribution in [1.82, 2.24) is 0 Å². The lowest BCUT2D eigenvalue weighted by Crippen LogP contribution is -2.43. The highest BCUT2D eigenvalue weighted by atomic mass is 16.3. The molecule has 3 aliphatic carbocycles. The van der Waals surface area contributed by atoms with E-state index in [9.17, 15) is 5.11 Å². The summed E-state index contributed by atoms with van der Waals surface area (Å²) in [4.78, 5) is 0. The van der Waals surface area contributed by atoms with Gasteiger partial charge in [0.25, 0.3) is 0 Å². The maximum Gasteiger partial charge on any atom is 0.118 e. The molecule has 0 bridgehead atoms. The predicted octanol–water partition coefficient (Wildman–Crippen LogP) is 0.123. The van der Waals surface area contributed by atoms with Crippen molar-refractivity contribution in [2.45, 2.75) is 32.1 Å². The number of fused-ring (bicyclic) bond motifs is 5. The lowest BCUT2D eigenvalue weighted by atomic mass is 9.60. The second kappa shape index (κ2) is 8.03. The van der Waals surface area contributed by atoms with Crippen molar-refractivity contribution in [1.29, 1.82) is 0 Å². The topological polar surface area (TPSA) is 20.2 Å². The van der Waals surface area contributed by atoms with E-state index >= 15 is 0 Å². The molecule has 3 aromatic rings. The normalized spacial score (nSPS) is 20.4. The molecule has 1 N–H and O–H groups in total. The first kappa shape index (κ1) is 24.4. The Morgan fingerprint density at radius 3 is 2.08 bits per heavy atom. The van der Waals surface area contributed by atoms with Crippen molar-refractivity contribution in [3.8, 4) is 16.9 Å². The molecule has 6 rings (SSSR count). The Hall–Kier alpha value is -2.93. The van der Waals surface area contributed by atoms with Crippen LogP contribution in [-0.4, -0.2) is 52.2 Å². The van der Waals surface area contributed by atoms with E-state index in [1.807, 2.05) is 26.0 Å².